The molecule has 26 heavy (non-hydrogen) atoms. The van der Waals surface area contributed by atoms with E-state index in [1.807, 2.05) is 22.7 Å². The Morgan fingerprint density at radius 3 is 2.58 bits per heavy atom. The summed E-state index contributed by atoms with van der Waals surface area (Å²) in [7, 11) is 1.99. The van der Waals surface area contributed by atoms with Crippen LogP contribution in [0.25, 0.3) is 0 Å². The van der Waals surface area contributed by atoms with Crippen LogP contribution in [0.4, 0.5) is 23.0 Å². The zero-order valence-electron chi connectivity index (χ0n) is 13.6. The van der Waals surface area contributed by atoms with Crippen molar-refractivity contribution in [3.05, 3.63) is 30.5 Å². The summed E-state index contributed by atoms with van der Waals surface area (Å²) in [5.41, 5.74) is 0. The first-order valence-electron chi connectivity index (χ1n) is 7.42. The maximum atomic E-state index is 12.1. The molecule has 1 unspecified atom stereocenters. The van der Waals surface area contributed by atoms with Gasteiger partial charge in [0.15, 0.2) is 0 Å². The first kappa shape index (κ1) is 19.7. The molecule has 0 aliphatic carbocycles. The Labute approximate surface area is 150 Å². The molecule has 0 radical (unpaired) electrons. The number of aryl methyl sites for hydroxylation is 1. The zero-order valence-corrected chi connectivity index (χ0v) is 14.4. The minimum Gasteiger partial charge on any atom is -0.475 e. The van der Waals surface area contributed by atoms with Gasteiger partial charge in [0.2, 0.25) is 0 Å². The van der Waals surface area contributed by atoms with Crippen molar-refractivity contribution in [1.82, 2.24) is 18.8 Å². The van der Waals surface area contributed by atoms with Crippen LogP contribution in [0.5, 0.6) is 0 Å². The largest absolute Gasteiger partial charge is 0.490 e. The molecule has 2 aromatic heterocycles. The van der Waals surface area contributed by atoms with Gasteiger partial charge in [0.05, 0.1) is 0 Å². The van der Waals surface area contributed by atoms with Crippen LogP contribution in [0.3, 0.4) is 0 Å². The van der Waals surface area contributed by atoms with E-state index in [9.17, 15) is 18.0 Å². The van der Waals surface area contributed by atoms with Gasteiger partial charge in [-0.15, -0.1) is 0 Å². The van der Waals surface area contributed by atoms with Crippen molar-refractivity contribution in [2.45, 2.75) is 18.5 Å². The molecular weight excluding hydrogens is 375 g/mol. The number of halogens is 3. The number of carbonyl (C=O) groups excluding carboxylic acids is 1. The Balaban J connectivity index is 0.000000298. The third-order valence-corrected chi connectivity index (χ3v) is 4.27. The number of nitrogens with zero attached hydrogens (tertiary/aromatic N) is 4. The number of imidazole rings is 1. The number of carboxylic acid groups (broad SMARTS) is 1. The fraction of sp³-hybridized carbons (Fsp3) is 0.429. The normalized spacial score (nSPS) is 16.8. The van der Waals surface area contributed by atoms with E-state index < -0.39 is 12.1 Å². The van der Waals surface area contributed by atoms with Gasteiger partial charge >= 0.3 is 18.2 Å². The molecule has 12 heteroatoms. The average molecular weight is 391 g/mol. The molecule has 2 aromatic rings. The molecule has 0 saturated carbocycles. The predicted octanol–water partition coefficient (Wildman–Crippen LogP) is 2.53. The SMILES string of the molecule is Cn1ccnc1C1CCN(C(=O)Nc2ccns2)C1.O=C(O)C(F)(F)F. The van der Waals surface area contributed by atoms with Crippen molar-refractivity contribution in [2.75, 3.05) is 18.4 Å². The summed E-state index contributed by atoms with van der Waals surface area (Å²) in [4.78, 5) is 27.2. The van der Waals surface area contributed by atoms with E-state index in [4.69, 9.17) is 9.90 Å². The van der Waals surface area contributed by atoms with E-state index in [-0.39, 0.29) is 6.03 Å². The van der Waals surface area contributed by atoms with E-state index in [0.717, 1.165) is 30.3 Å². The van der Waals surface area contributed by atoms with Gasteiger partial charge in [-0.1, -0.05) is 0 Å². The molecule has 142 valence electrons. The van der Waals surface area contributed by atoms with E-state index >= 15 is 0 Å². The second-order valence-corrected chi connectivity index (χ2v) is 6.27. The van der Waals surface area contributed by atoms with Gasteiger partial charge in [-0.05, 0) is 24.0 Å². The lowest BCUT2D eigenvalue weighted by Crippen LogP contribution is -2.32. The topological polar surface area (TPSA) is 100 Å². The summed E-state index contributed by atoms with van der Waals surface area (Å²) in [6.45, 7) is 1.48. The molecule has 8 nitrogen and oxygen atoms in total. The number of anilines is 1. The first-order valence-corrected chi connectivity index (χ1v) is 8.19. The Bertz CT molecular complexity index is 747. The number of hydrogen-bond acceptors (Lipinski definition) is 5. The van der Waals surface area contributed by atoms with Crippen LogP contribution >= 0.6 is 11.5 Å². The van der Waals surface area contributed by atoms with Crippen LogP contribution < -0.4 is 5.32 Å². The fourth-order valence-electron chi connectivity index (χ4n) is 2.39. The highest BCUT2D eigenvalue weighted by molar-refractivity contribution is 7.10. The van der Waals surface area contributed by atoms with E-state index in [1.165, 1.54) is 11.5 Å². The van der Waals surface area contributed by atoms with Gasteiger partial charge in [-0.2, -0.15) is 17.5 Å². The highest BCUT2D eigenvalue weighted by atomic mass is 32.1. The summed E-state index contributed by atoms with van der Waals surface area (Å²) in [5, 5.41) is 10.8. The number of alkyl halides is 3. The third kappa shape index (κ3) is 5.18. The van der Waals surface area contributed by atoms with E-state index in [1.54, 1.807) is 18.5 Å². The standard InChI is InChI=1S/C12H15N5OS.C2HF3O2/c1-16-7-5-13-11(16)9-3-6-17(8-9)12(18)15-10-2-4-14-19-10;3-2(4,5)1(6)7/h2,4-5,7,9H,3,6,8H2,1H3,(H,15,18);(H,6,7). The number of carbonyl (C=O) groups is 2. The number of rotatable bonds is 2. The first-order chi connectivity index (χ1) is 12.2. The number of aliphatic carboxylic acids is 1. The highest BCUT2D eigenvalue weighted by Gasteiger charge is 2.38. The molecule has 0 bridgehead atoms. The molecule has 1 aliphatic heterocycles. The lowest BCUT2D eigenvalue weighted by Gasteiger charge is -2.16. The van der Waals surface area contributed by atoms with Crippen LogP contribution in [0.1, 0.15) is 18.2 Å². The Hall–Kier alpha value is -2.63. The van der Waals surface area contributed by atoms with Crippen LogP contribution in [-0.4, -0.2) is 55.2 Å². The molecule has 2 amide bonds. The summed E-state index contributed by atoms with van der Waals surface area (Å²) in [5.74, 6) is -1.38. The smallest absolute Gasteiger partial charge is 0.475 e. The second-order valence-electron chi connectivity index (χ2n) is 5.44. The van der Waals surface area contributed by atoms with Gasteiger partial charge in [0.1, 0.15) is 10.8 Å². The molecule has 0 spiro atoms. The van der Waals surface area contributed by atoms with Gasteiger partial charge in [0, 0.05) is 44.6 Å². The van der Waals surface area contributed by atoms with Gasteiger partial charge in [-0.25, -0.2) is 14.6 Å². The molecule has 3 heterocycles. The molecule has 1 atom stereocenters. The van der Waals surface area contributed by atoms with Crippen molar-refractivity contribution in [2.24, 2.45) is 7.05 Å². The van der Waals surface area contributed by atoms with Crippen LogP contribution in [0, 0.1) is 0 Å². The second kappa shape index (κ2) is 8.17. The summed E-state index contributed by atoms with van der Waals surface area (Å²) >= 11 is 1.29. The van der Waals surface area contributed by atoms with Crippen molar-refractivity contribution in [3.8, 4) is 0 Å². The van der Waals surface area contributed by atoms with E-state index in [2.05, 4.69) is 14.7 Å². The Kier molecular flexibility index (Phi) is 6.18. The van der Waals surface area contributed by atoms with Crippen LogP contribution in [0.2, 0.25) is 0 Å². The molecule has 3 rings (SSSR count). The Morgan fingerprint density at radius 1 is 1.38 bits per heavy atom. The van der Waals surface area contributed by atoms with E-state index in [0.29, 0.717) is 5.92 Å². The van der Waals surface area contributed by atoms with Gasteiger partial charge in [-0.3, -0.25) is 5.32 Å². The molecule has 2 N–H and O–H groups in total. The third-order valence-electron chi connectivity index (χ3n) is 3.61. The summed E-state index contributed by atoms with van der Waals surface area (Å²) in [6, 6.07) is 1.75. The highest BCUT2D eigenvalue weighted by Crippen LogP contribution is 2.26. The van der Waals surface area contributed by atoms with Crippen molar-refractivity contribution in [3.63, 3.8) is 0 Å². The molecule has 1 aliphatic rings. The lowest BCUT2D eigenvalue weighted by atomic mass is 10.1. The predicted molar refractivity (Wildman–Crippen MR) is 87.0 cm³/mol. The maximum absolute atomic E-state index is 12.1. The van der Waals surface area contributed by atoms with Gasteiger partial charge in [0.25, 0.3) is 0 Å². The number of carboxylic acids is 1. The number of amides is 2. The summed E-state index contributed by atoms with van der Waals surface area (Å²) < 4.78 is 37.7. The van der Waals surface area contributed by atoms with Crippen LogP contribution in [0.15, 0.2) is 24.7 Å². The Morgan fingerprint density at radius 2 is 2.08 bits per heavy atom. The molecular formula is C14H16F3N5O3S. The van der Waals surface area contributed by atoms with Crippen LogP contribution in [-0.2, 0) is 11.8 Å². The van der Waals surface area contributed by atoms with Crippen molar-refractivity contribution >= 4 is 28.5 Å². The lowest BCUT2D eigenvalue weighted by molar-refractivity contribution is -0.192. The molecule has 0 aromatic carbocycles. The molecule has 1 fully saturated rings. The minimum atomic E-state index is -5.08. The fourth-order valence-corrected chi connectivity index (χ4v) is 2.88. The zero-order chi connectivity index (χ0) is 19.3. The number of hydrogen-bond donors (Lipinski definition) is 2. The average Bonchev–Trinajstić information content (AvgIpc) is 3.27. The number of nitrogens with one attached hydrogen (secondary N) is 1. The van der Waals surface area contributed by atoms with Crippen molar-refractivity contribution < 1.29 is 27.9 Å². The maximum Gasteiger partial charge on any atom is 0.490 e. The van der Waals surface area contributed by atoms with Crippen molar-refractivity contribution in [1.29, 1.82) is 0 Å². The van der Waals surface area contributed by atoms with Gasteiger partial charge < -0.3 is 14.6 Å². The molecule has 1 saturated heterocycles. The number of likely N-dealkylation sites (tertiary alicyclic amines) is 1. The minimum absolute atomic E-state index is 0.0547. The monoisotopic (exact) mass is 391 g/mol. The number of aromatic nitrogens is 3. The number of urea groups is 1. The summed E-state index contributed by atoms with van der Waals surface area (Å²) in [6.07, 6.45) is 1.30. The quantitative estimate of drug-likeness (QED) is 0.819.